The van der Waals surface area contributed by atoms with Crippen LogP contribution in [0, 0.1) is 0 Å². The van der Waals surface area contributed by atoms with Gasteiger partial charge in [-0.25, -0.2) is 4.98 Å². The van der Waals surface area contributed by atoms with E-state index >= 15 is 0 Å². The van der Waals surface area contributed by atoms with Crippen molar-refractivity contribution in [2.75, 3.05) is 24.1 Å². The third-order valence-electron chi connectivity index (χ3n) is 5.36. The number of aliphatic hydroxyl groups is 2. The Morgan fingerprint density at radius 3 is 2.65 bits per heavy atom. The number of amides is 1. The van der Waals surface area contributed by atoms with E-state index in [2.05, 4.69) is 32.5 Å². The van der Waals surface area contributed by atoms with Crippen molar-refractivity contribution in [3.05, 3.63) is 6.33 Å². The molecule has 1 amide bonds. The summed E-state index contributed by atoms with van der Waals surface area (Å²) in [5.41, 5.74) is 6.76. The van der Waals surface area contributed by atoms with Crippen LogP contribution in [0.2, 0.25) is 0 Å². The summed E-state index contributed by atoms with van der Waals surface area (Å²) >= 11 is 0. The Kier molecular flexibility index (Phi) is 7.99. The second-order valence-corrected chi connectivity index (χ2v) is 7.82. The lowest BCUT2D eigenvalue weighted by atomic mass is 10.1. The minimum absolute atomic E-state index is 0.196. The number of aromatic nitrogens is 4. The first-order chi connectivity index (χ1) is 15.0. The highest BCUT2D eigenvalue weighted by molar-refractivity contribution is 5.83. The van der Waals surface area contributed by atoms with Gasteiger partial charge in [-0.1, -0.05) is 39.5 Å². The van der Waals surface area contributed by atoms with E-state index in [0.717, 1.165) is 32.1 Å². The fourth-order valence-corrected chi connectivity index (χ4v) is 3.55. The Labute approximate surface area is 181 Å². The number of fused-ring (bicyclic) bond motifs is 1. The van der Waals surface area contributed by atoms with Crippen molar-refractivity contribution in [2.45, 2.75) is 76.9 Å². The lowest BCUT2D eigenvalue weighted by molar-refractivity contribution is -0.137. The Balaban J connectivity index is 1.76. The number of anilines is 2. The molecule has 172 valence electrons. The molecule has 3 rings (SSSR count). The second kappa shape index (κ2) is 10.7. The number of nitrogen functional groups attached to an aromatic ring is 1. The summed E-state index contributed by atoms with van der Waals surface area (Å²) < 4.78 is 7.20. The standard InChI is InChI=1S/C20H33N7O4/c1-3-5-7-8-10-23-20-25-16(21)12-17(26-20)27(11-24-12)19-14(29)13(28)15(31-19)18(30)22-9-6-4-2/h11,13-15,19,28-29H,3-10H2,1-2H3,(H,22,30)(H3,21,23,25,26)/t13?,14-,15-,19+/m0/s1. The molecule has 0 bridgehead atoms. The number of ether oxygens (including phenoxy) is 1. The van der Waals surface area contributed by atoms with Crippen molar-refractivity contribution < 1.29 is 19.7 Å². The minimum Gasteiger partial charge on any atom is -0.387 e. The molecule has 0 radical (unpaired) electrons. The van der Waals surface area contributed by atoms with Crippen LogP contribution in [-0.4, -0.2) is 67.0 Å². The summed E-state index contributed by atoms with van der Waals surface area (Å²) in [5, 5.41) is 26.8. The molecule has 1 aliphatic heterocycles. The summed E-state index contributed by atoms with van der Waals surface area (Å²) in [6.07, 6.45) is 2.65. The van der Waals surface area contributed by atoms with Gasteiger partial charge >= 0.3 is 0 Å². The highest BCUT2D eigenvalue weighted by Crippen LogP contribution is 2.32. The lowest BCUT2D eigenvalue weighted by Crippen LogP contribution is -2.43. The van der Waals surface area contributed by atoms with Crippen LogP contribution >= 0.6 is 0 Å². The van der Waals surface area contributed by atoms with Crippen molar-refractivity contribution in [1.82, 2.24) is 24.8 Å². The molecule has 4 atom stereocenters. The molecule has 3 heterocycles. The second-order valence-electron chi connectivity index (χ2n) is 7.82. The van der Waals surface area contributed by atoms with E-state index in [4.69, 9.17) is 10.5 Å². The number of hydrogen-bond donors (Lipinski definition) is 5. The van der Waals surface area contributed by atoms with E-state index in [9.17, 15) is 15.0 Å². The molecule has 11 heteroatoms. The van der Waals surface area contributed by atoms with Crippen molar-refractivity contribution in [2.24, 2.45) is 0 Å². The van der Waals surface area contributed by atoms with Crippen molar-refractivity contribution in [3.63, 3.8) is 0 Å². The third-order valence-corrected chi connectivity index (χ3v) is 5.36. The highest BCUT2D eigenvalue weighted by Gasteiger charge is 2.47. The molecule has 0 saturated carbocycles. The van der Waals surface area contributed by atoms with Gasteiger partial charge in [0.1, 0.15) is 17.7 Å². The van der Waals surface area contributed by atoms with Crippen LogP contribution in [0.25, 0.3) is 11.2 Å². The van der Waals surface area contributed by atoms with Crippen molar-refractivity contribution >= 4 is 28.8 Å². The number of imidazole rings is 1. The van der Waals surface area contributed by atoms with Crippen LogP contribution in [0.5, 0.6) is 0 Å². The maximum Gasteiger partial charge on any atom is 0.252 e. The molecule has 6 N–H and O–H groups in total. The number of nitrogens with two attached hydrogens (primary N) is 1. The molecular formula is C20H33N7O4. The van der Waals surface area contributed by atoms with Crippen LogP contribution in [0.1, 0.15) is 58.6 Å². The van der Waals surface area contributed by atoms with Crippen LogP contribution < -0.4 is 16.4 Å². The van der Waals surface area contributed by atoms with Gasteiger partial charge in [0, 0.05) is 13.1 Å². The average molecular weight is 436 g/mol. The number of nitrogens with one attached hydrogen (secondary N) is 2. The van der Waals surface area contributed by atoms with Crippen LogP contribution in [0.3, 0.4) is 0 Å². The average Bonchev–Trinajstić information content (AvgIpc) is 3.30. The summed E-state index contributed by atoms with van der Waals surface area (Å²) in [6.45, 7) is 5.36. The normalized spacial score (nSPS) is 23.4. The summed E-state index contributed by atoms with van der Waals surface area (Å²) in [7, 11) is 0. The fourth-order valence-electron chi connectivity index (χ4n) is 3.55. The van der Waals surface area contributed by atoms with E-state index in [0.29, 0.717) is 30.2 Å². The topological polar surface area (TPSA) is 160 Å². The maximum absolute atomic E-state index is 12.4. The fraction of sp³-hybridized carbons (Fsp3) is 0.700. The Bertz CT molecular complexity index is 875. The van der Waals surface area contributed by atoms with E-state index < -0.39 is 30.4 Å². The molecule has 0 spiro atoms. The van der Waals surface area contributed by atoms with Crippen LogP contribution in [0.4, 0.5) is 11.8 Å². The van der Waals surface area contributed by atoms with Crippen LogP contribution in [-0.2, 0) is 9.53 Å². The number of nitrogens with zero attached hydrogens (tertiary/aromatic N) is 4. The van der Waals surface area contributed by atoms with Gasteiger partial charge in [0.2, 0.25) is 5.95 Å². The molecular weight excluding hydrogens is 402 g/mol. The van der Waals surface area contributed by atoms with Gasteiger partial charge < -0.3 is 31.3 Å². The SMILES string of the molecule is CCCCCCNc1nc(N)c2ncn([C@@H]3O[C@H](C(=O)NCCCC)C(O)[C@@H]3O)c2n1. The van der Waals surface area contributed by atoms with Gasteiger partial charge in [0.05, 0.1) is 6.33 Å². The molecule has 1 saturated heterocycles. The summed E-state index contributed by atoms with van der Waals surface area (Å²) in [4.78, 5) is 25.3. The zero-order chi connectivity index (χ0) is 22.4. The van der Waals surface area contributed by atoms with Gasteiger partial charge in [-0.2, -0.15) is 9.97 Å². The van der Waals surface area contributed by atoms with Crippen molar-refractivity contribution in [3.8, 4) is 0 Å². The zero-order valence-corrected chi connectivity index (χ0v) is 18.1. The zero-order valence-electron chi connectivity index (χ0n) is 18.1. The quantitative estimate of drug-likeness (QED) is 0.323. The van der Waals surface area contributed by atoms with E-state index in [1.54, 1.807) is 0 Å². The first-order valence-corrected chi connectivity index (χ1v) is 11.0. The van der Waals surface area contributed by atoms with E-state index in [-0.39, 0.29) is 5.82 Å². The first-order valence-electron chi connectivity index (χ1n) is 11.0. The molecule has 0 aliphatic carbocycles. The van der Waals surface area contributed by atoms with E-state index in [1.807, 2.05) is 6.92 Å². The van der Waals surface area contributed by atoms with Gasteiger partial charge in [-0.3, -0.25) is 9.36 Å². The molecule has 2 aromatic rings. The van der Waals surface area contributed by atoms with Crippen molar-refractivity contribution in [1.29, 1.82) is 0 Å². The highest BCUT2D eigenvalue weighted by atomic mass is 16.6. The Morgan fingerprint density at radius 2 is 1.90 bits per heavy atom. The summed E-state index contributed by atoms with van der Waals surface area (Å²) in [5.74, 6) is 0.0855. The van der Waals surface area contributed by atoms with E-state index in [1.165, 1.54) is 17.3 Å². The Hall–Kier alpha value is -2.50. The molecule has 31 heavy (non-hydrogen) atoms. The number of aliphatic hydroxyl groups excluding tert-OH is 2. The lowest BCUT2D eigenvalue weighted by Gasteiger charge is -2.17. The van der Waals surface area contributed by atoms with Gasteiger partial charge in [0.25, 0.3) is 5.91 Å². The smallest absolute Gasteiger partial charge is 0.252 e. The number of rotatable bonds is 11. The van der Waals surface area contributed by atoms with Crippen LogP contribution in [0.15, 0.2) is 6.33 Å². The predicted molar refractivity (Wildman–Crippen MR) is 116 cm³/mol. The number of carbonyl (C=O) groups excluding carboxylic acids is 1. The van der Waals surface area contributed by atoms with Gasteiger partial charge in [-0.15, -0.1) is 0 Å². The van der Waals surface area contributed by atoms with Gasteiger partial charge in [0.15, 0.2) is 23.8 Å². The Morgan fingerprint density at radius 1 is 1.13 bits per heavy atom. The summed E-state index contributed by atoms with van der Waals surface area (Å²) in [6, 6.07) is 0. The number of unbranched alkanes of at least 4 members (excludes halogenated alkanes) is 4. The molecule has 0 aromatic carbocycles. The monoisotopic (exact) mass is 435 g/mol. The largest absolute Gasteiger partial charge is 0.387 e. The number of carbonyl (C=O) groups is 1. The minimum atomic E-state index is -1.38. The predicted octanol–water partition coefficient (Wildman–Crippen LogP) is 0.936. The molecule has 2 aromatic heterocycles. The maximum atomic E-state index is 12.4. The first kappa shape index (κ1) is 23.2. The number of hydrogen-bond acceptors (Lipinski definition) is 9. The van der Waals surface area contributed by atoms with Gasteiger partial charge in [-0.05, 0) is 12.8 Å². The molecule has 1 aliphatic rings. The molecule has 1 unspecified atom stereocenters. The molecule has 1 fully saturated rings. The third kappa shape index (κ3) is 5.23. The molecule has 11 nitrogen and oxygen atoms in total.